The van der Waals surface area contributed by atoms with E-state index in [1.54, 1.807) is 54.5 Å². The number of nitrogens with one attached hydrogen (secondary N) is 1. The summed E-state index contributed by atoms with van der Waals surface area (Å²) < 4.78 is 10.6. The summed E-state index contributed by atoms with van der Waals surface area (Å²) in [5.74, 6) is 0.676. The first-order valence-electron chi connectivity index (χ1n) is 10.4. The summed E-state index contributed by atoms with van der Waals surface area (Å²) in [6.07, 6.45) is 1.71. The van der Waals surface area contributed by atoms with Gasteiger partial charge in [0.05, 0.1) is 19.8 Å². The molecule has 1 fully saturated rings. The number of benzene rings is 2. The molecule has 1 aromatic heterocycles. The van der Waals surface area contributed by atoms with Crippen LogP contribution < -0.4 is 14.8 Å². The summed E-state index contributed by atoms with van der Waals surface area (Å²) in [7, 11) is 3.10. The third kappa shape index (κ3) is 5.26. The highest BCUT2D eigenvalue weighted by Gasteiger charge is 2.30. The fourth-order valence-electron chi connectivity index (χ4n) is 3.72. The highest BCUT2D eigenvalue weighted by atomic mass is 35.5. The molecule has 0 bridgehead atoms. The topological polar surface area (TPSA) is 93.7 Å². The van der Waals surface area contributed by atoms with Gasteiger partial charge >= 0.3 is 0 Å². The lowest BCUT2D eigenvalue weighted by Gasteiger charge is -2.32. The van der Waals surface area contributed by atoms with Crippen molar-refractivity contribution in [2.75, 3.05) is 32.6 Å². The number of carbonyl (C=O) groups is 2. The molecule has 1 saturated heterocycles. The number of hydrogen-bond acceptors (Lipinski definition) is 7. The van der Waals surface area contributed by atoms with Crippen LogP contribution in [-0.4, -0.2) is 54.2 Å². The smallest absolute Gasteiger partial charge is 0.286 e. The molecule has 3 aromatic rings. The van der Waals surface area contributed by atoms with Gasteiger partial charge in [0.15, 0.2) is 0 Å². The van der Waals surface area contributed by atoms with Crippen molar-refractivity contribution in [3.63, 3.8) is 0 Å². The zero-order valence-electron chi connectivity index (χ0n) is 18.2. The number of carbonyl (C=O) groups excluding carboxylic acids is 2. The summed E-state index contributed by atoms with van der Waals surface area (Å²) >= 11 is 7.14. The number of methoxy groups -OCH3 is 2. The number of amides is 2. The molecule has 172 valence electrons. The molecule has 2 heterocycles. The molecule has 0 unspecified atom stereocenters. The van der Waals surface area contributed by atoms with Crippen molar-refractivity contribution in [2.45, 2.75) is 18.8 Å². The summed E-state index contributed by atoms with van der Waals surface area (Å²) in [5.41, 5.74) is 1.11. The summed E-state index contributed by atoms with van der Waals surface area (Å²) in [6, 6.07) is 12.0. The van der Waals surface area contributed by atoms with Crippen LogP contribution in [0.1, 0.15) is 43.9 Å². The predicted molar refractivity (Wildman–Crippen MR) is 127 cm³/mol. The number of ether oxygens (including phenoxy) is 2. The highest BCUT2D eigenvalue weighted by molar-refractivity contribution is 7.13. The van der Waals surface area contributed by atoms with Crippen molar-refractivity contribution in [3.05, 3.63) is 63.1 Å². The first-order chi connectivity index (χ1) is 16.0. The van der Waals surface area contributed by atoms with Gasteiger partial charge in [-0.1, -0.05) is 22.9 Å². The molecule has 0 aliphatic carbocycles. The van der Waals surface area contributed by atoms with E-state index in [4.69, 9.17) is 21.1 Å². The van der Waals surface area contributed by atoms with Crippen molar-refractivity contribution in [2.24, 2.45) is 0 Å². The van der Waals surface area contributed by atoms with E-state index in [1.165, 1.54) is 18.4 Å². The van der Waals surface area contributed by atoms with E-state index in [0.29, 0.717) is 40.9 Å². The maximum absolute atomic E-state index is 13.2. The molecule has 1 aliphatic rings. The molecular weight excluding hydrogens is 464 g/mol. The molecular formula is C23H23ClN4O4S. The van der Waals surface area contributed by atoms with Crippen LogP contribution in [0.15, 0.2) is 42.5 Å². The molecule has 1 aliphatic heterocycles. The fraction of sp³-hybridized carbons (Fsp3) is 0.304. The molecule has 2 aromatic carbocycles. The lowest BCUT2D eigenvalue weighted by Crippen LogP contribution is -2.39. The molecule has 2 amide bonds. The van der Waals surface area contributed by atoms with Gasteiger partial charge < -0.3 is 19.7 Å². The van der Waals surface area contributed by atoms with Gasteiger partial charge in [-0.2, -0.15) is 0 Å². The number of aromatic nitrogens is 2. The molecule has 10 heteroatoms. The van der Waals surface area contributed by atoms with E-state index < -0.39 is 0 Å². The van der Waals surface area contributed by atoms with Crippen LogP contribution in [0.2, 0.25) is 5.02 Å². The number of rotatable bonds is 6. The van der Waals surface area contributed by atoms with Gasteiger partial charge in [0.1, 0.15) is 16.5 Å². The summed E-state index contributed by atoms with van der Waals surface area (Å²) in [6.45, 7) is 1.15. The second-order valence-electron chi connectivity index (χ2n) is 7.56. The van der Waals surface area contributed by atoms with Crippen LogP contribution in [0.3, 0.4) is 0 Å². The fourth-order valence-corrected chi connectivity index (χ4v) is 4.71. The Morgan fingerprint density at radius 1 is 1.12 bits per heavy atom. The molecule has 0 spiro atoms. The van der Waals surface area contributed by atoms with Crippen molar-refractivity contribution < 1.29 is 19.1 Å². The average Bonchev–Trinajstić information content (AvgIpc) is 3.35. The molecule has 8 nitrogen and oxygen atoms in total. The van der Waals surface area contributed by atoms with Crippen LogP contribution in [0.25, 0.3) is 0 Å². The minimum absolute atomic E-state index is 0.0153. The van der Waals surface area contributed by atoms with Gasteiger partial charge in [-0.15, -0.1) is 10.2 Å². The summed E-state index contributed by atoms with van der Waals surface area (Å²) in [4.78, 5) is 27.5. The highest BCUT2D eigenvalue weighted by Crippen LogP contribution is 2.32. The molecule has 4 rings (SSSR count). The van der Waals surface area contributed by atoms with Crippen LogP contribution >= 0.6 is 22.9 Å². The Morgan fingerprint density at radius 2 is 1.91 bits per heavy atom. The molecule has 0 saturated carbocycles. The van der Waals surface area contributed by atoms with Gasteiger partial charge in [0.25, 0.3) is 11.8 Å². The Hall–Kier alpha value is -3.17. The van der Waals surface area contributed by atoms with E-state index in [0.717, 1.165) is 17.8 Å². The Balaban J connectivity index is 1.45. The van der Waals surface area contributed by atoms with E-state index in [9.17, 15) is 9.59 Å². The normalized spacial score (nSPS) is 15.7. The van der Waals surface area contributed by atoms with Crippen molar-refractivity contribution in [3.8, 4) is 11.5 Å². The van der Waals surface area contributed by atoms with Crippen molar-refractivity contribution in [1.29, 1.82) is 0 Å². The van der Waals surface area contributed by atoms with Crippen LogP contribution in [0, 0.1) is 0 Å². The Kier molecular flexibility index (Phi) is 7.10. The standard InChI is InChI=1S/C23H23ClN4O4S/c1-31-17-9-10-18(19(12-17)32-2)23(30)28-11-3-4-14(13-28)21-26-27-22(33-21)20(29)25-16-7-5-15(24)6-8-16/h5-10,12,14H,3-4,11,13H2,1-2H3,(H,25,29)/t14-/m0/s1. The SMILES string of the molecule is COc1ccc(C(=O)N2CCC[C@H](c3nnc(C(=O)Nc4ccc(Cl)cc4)s3)C2)c(OC)c1. The molecule has 1 atom stereocenters. The number of hydrogen-bond donors (Lipinski definition) is 1. The second kappa shape index (κ2) is 10.2. The average molecular weight is 487 g/mol. The largest absolute Gasteiger partial charge is 0.497 e. The zero-order chi connectivity index (χ0) is 23.4. The zero-order valence-corrected chi connectivity index (χ0v) is 19.8. The third-order valence-electron chi connectivity index (χ3n) is 5.43. The van der Waals surface area contributed by atoms with Crippen molar-refractivity contribution >= 4 is 40.4 Å². The maximum atomic E-state index is 13.2. The van der Waals surface area contributed by atoms with Gasteiger partial charge in [0, 0.05) is 35.8 Å². The van der Waals surface area contributed by atoms with Crippen LogP contribution in [0.5, 0.6) is 11.5 Å². The number of piperidine rings is 1. The Bertz CT molecular complexity index is 1150. The van der Waals surface area contributed by atoms with E-state index in [2.05, 4.69) is 15.5 Å². The number of nitrogens with zero attached hydrogens (tertiary/aromatic N) is 3. The van der Waals surface area contributed by atoms with Crippen LogP contribution in [-0.2, 0) is 0 Å². The quantitative estimate of drug-likeness (QED) is 0.552. The Morgan fingerprint density at radius 3 is 2.64 bits per heavy atom. The third-order valence-corrected chi connectivity index (χ3v) is 6.77. The lowest BCUT2D eigenvalue weighted by molar-refractivity contribution is 0.0703. The lowest BCUT2D eigenvalue weighted by atomic mass is 9.98. The molecule has 1 N–H and O–H groups in total. The maximum Gasteiger partial charge on any atom is 0.286 e. The molecule has 33 heavy (non-hydrogen) atoms. The van der Waals surface area contributed by atoms with Gasteiger partial charge in [-0.3, -0.25) is 9.59 Å². The van der Waals surface area contributed by atoms with Gasteiger partial charge in [0.2, 0.25) is 5.01 Å². The number of anilines is 1. The minimum Gasteiger partial charge on any atom is -0.497 e. The number of halogens is 1. The van der Waals surface area contributed by atoms with Gasteiger partial charge in [-0.05, 0) is 49.2 Å². The first kappa shape index (κ1) is 23.0. The van der Waals surface area contributed by atoms with E-state index >= 15 is 0 Å². The summed E-state index contributed by atoms with van der Waals surface area (Å²) in [5, 5.41) is 12.7. The van der Waals surface area contributed by atoms with Gasteiger partial charge in [-0.25, -0.2) is 0 Å². The monoisotopic (exact) mass is 486 g/mol. The predicted octanol–water partition coefficient (Wildman–Crippen LogP) is 4.48. The minimum atomic E-state index is -0.326. The van der Waals surface area contributed by atoms with Crippen LogP contribution in [0.4, 0.5) is 5.69 Å². The van der Waals surface area contributed by atoms with Crippen molar-refractivity contribution in [1.82, 2.24) is 15.1 Å². The number of likely N-dealkylation sites (tertiary alicyclic amines) is 1. The first-order valence-corrected chi connectivity index (χ1v) is 11.6. The Labute approximate surface area is 200 Å². The molecule has 0 radical (unpaired) electrons. The second-order valence-corrected chi connectivity index (χ2v) is 9.01. The van der Waals surface area contributed by atoms with E-state index in [1.807, 2.05) is 0 Å². The van der Waals surface area contributed by atoms with E-state index in [-0.39, 0.29) is 22.7 Å².